The second-order valence-electron chi connectivity index (χ2n) is 6.92. The summed E-state index contributed by atoms with van der Waals surface area (Å²) in [6.45, 7) is 1.72. The van der Waals surface area contributed by atoms with Crippen LogP contribution in [0.5, 0.6) is 5.75 Å². The number of amides is 1. The Morgan fingerprint density at radius 3 is 3.04 bits per heavy atom. The van der Waals surface area contributed by atoms with Gasteiger partial charge in [0.15, 0.2) is 5.13 Å². The number of fused-ring (bicyclic) bond motifs is 1. The molecule has 3 aromatic rings. The lowest BCUT2D eigenvalue weighted by molar-refractivity contribution is -0.125. The molecule has 1 N–H and O–H groups in total. The molecule has 0 spiro atoms. The Morgan fingerprint density at radius 1 is 1.36 bits per heavy atom. The third-order valence-electron chi connectivity index (χ3n) is 5.06. The number of nitrogens with one attached hydrogen (secondary N) is 1. The van der Waals surface area contributed by atoms with Gasteiger partial charge in [-0.25, -0.2) is 9.37 Å². The first-order valence-corrected chi connectivity index (χ1v) is 10.2. The highest BCUT2D eigenvalue weighted by atomic mass is 32.1. The monoisotopic (exact) mass is 399 g/mol. The molecule has 1 aliphatic heterocycles. The zero-order valence-electron chi connectivity index (χ0n) is 15.7. The van der Waals surface area contributed by atoms with Gasteiger partial charge >= 0.3 is 0 Å². The highest BCUT2D eigenvalue weighted by molar-refractivity contribution is 7.22. The van der Waals surface area contributed by atoms with E-state index in [0.717, 1.165) is 40.5 Å². The van der Waals surface area contributed by atoms with E-state index in [0.29, 0.717) is 12.1 Å². The Labute approximate surface area is 167 Å². The average Bonchev–Trinajstić information content (AvgIpc) is 3.16. The van der Waals surface area contributed by atoms with Crippen molar-refractivity contribution < 1.29 is 13.9 Å². The lowest BCUT2D eigenvalue weighted by Gasteiger charge is -2.31. The maximum atomic E-state index is 13.7. The first-order chi connectivity index (χ1) is 13.6. The van der Waals surface area contributed by atoms with Crippen LogP contribution in [0.25, 0.3) is 10.2 Å². The van der Waals surface area contributed by atoms with E-state index >= 15 is 0 Å². The summed E-state index contributed by atoms with van der Waals surface area (Å²) in [5.41, 5.74) is 1.44. The number of benzene rings is 2. The molecular weight excluding hydrogens is 377 g/mol. The van der Waals surface area contributed by atoms with Gasteiger partial charge in [-0.3, -0.25) is 4.79 Å². The van der Waals surface area contributed by atoms with Crippen molar-refractivity contribution in [2.75, 3.05) is 25.1 Å². The smallest absolute Gasteiger partial charge is 0.225 e. The largest absolute Gasteiger partial charge is 0.497 e. The van der Waals surface area contributed by atoms with Gasteiger partial charge in [-0.05, 0) is 37.1 Å². The van der Waals surface area contributed by atoms with Crippen molar-refractivity contribution in [3.63, 3.8) is 0 Å². The standard InChI is InChI=1S/C21H22FN3O2S/c1-27-16-8-9-18-19(11-16)28-21(24-18)25-10-4-6-15(13-25)20(26)23-12-14-5-2-3-7-17(14)22/h2-3,5,7-9,11,15H,4,6,10,12-13H2,1H3,(H,23,26). The highest BCUT2D eigenvalue weighted by Crippen LogP contribution is 2.33. The van der Waals surface area contributed by atoms with E-state index in [-0.39, 0.29) is 24.2 Å². The number of halogens is 1. The first kappa shape index (κ1) is 18.7. The van der Waals surface area contributed by atoms with Gasteiger partial charge in [0.1, 0.15) is 11.6 Å². The summed E-state index contributed by atoms with van der Waals surface area (Å²) in [4.78, 5) is 19.5. The number of anilines is 1. The van der Waals surface area contributed by atoms with Crippen molar-refractivity contribution in [1.29, 1.82) is 0 Å². The minimum absolute atomic E-state index is 0.0317. The predicted octanol–water partition coefficient (Wildman–Crippen LogP) is 3.98. The summed E-state index contributed by atoms with van der Waals surface area (Å²) in [6.07, 6.45) is 1.76. The lowest BCUT2D eigenvalue weighted by atomic mass is 9.97. The van der Waals surface area contributed by atoms with Gasteiger partial charge in [0.05, 0.1) is 23.2 Å². The number of nitrogens with zero attached hydrogens (tertiary/aromatic N) is 2. The number of rotatable bonds is 5. The fraction of sp³-hybridized carbons (Fsp3) is 0.333. The fourth-order valence-corrected chi connectivity index (χ4v) is 4.52. The van der Waals surface area contributed by atoms with Gasteiger partial charge in [-0.15, -0.1) is 0 Å². The molecule has 1 amide bonds. The van der Waals surface area contributed by atoms with E-state index in [1.54, 1.807) is 36.6 Å². The molecule has 1 aliphatic rings. The van der Waals surface area contributed by atoms with Crippen LogP contribution in [0.2, 0.25) is 0 Å². The molecule has 1 fully saturated rings. The van der Waals surface area contributed by atoms with Crippen LogP contribution >= 0.6 is 11.3 Å². The number of thiazole rings is 1. The molecule has 2 heterocycles. The summed E-state index contributed by atoms with van der Waals surface area (Å²) in [7, 11) is 1.65. The van der Waals surface area contributed by atoms with Crippen LogP contribution < -0.4 is 15.0 Å². The molecule has 0 aliphatic carbocycles. The SMILES string of the molecule is COc1ccc2nc(N3CCCC(C(=O)NCc4ccccc4F)C3)sc2c1. The molecule has 0 radical (unpaired) electrons. The predicted molar refractivity (Wildman–Crippen MR) is 109 cm³/mol. The molecule has 1 unspecified atom stereocenters. The van der Waals surface area contributed by atoms with Crippen molar-refractivity contribution >= 4 is 32.6 Å². The van der Waals surface area contributed by atoms with Gasteiger partial charge < -0.3 is 15.0 Å². The summed E-state index contributed by atoms with van der Waals surface area (Å²) in [5.74, 6) is 0.363. The molecule has 1 atom stereocenters. The zero-order valence-corrected chi connectivity index (χ0v) is 16.5. The molecule has 2 aromatic carbocycles. The number of aromatic nitrogens is 1. The summed E-state index contributed by atoms with van der Waals surface area (Å²) < 4.78 is 20.1. The average molecular weight is 399 g/mol. The molecule has 5 nitrogen and oxygen atoms in total. The Morgan fingerprint density at radius 2 is 2.21 bits per heavy atom. The highest BCUT2D eigenvalue weighted by Gasteiger charge is 2.27. The van der Waals surface area contributed by atoms with E-state index in [1.165, 1.54) is 6.07 Å². The van der Waals surface area contributed by atoms with Crippen LogP contribution in [0.4, 0.5) is 9.52 Å². The van der Waals surface area contributed by atoms with Crippen LogP contribution in [-0.4, -0.2) is 31.1 Å². The van der Waals surface area contributed by atoms with E-state index in [2.05, 4.69) is 10.2 Å². The lowest BCUT2D eigenvalue weighted by Crippen LogP contribution is -2.43. The molecule has 28 heavy (non-hydrogen) atoms. The molecule has 1 saturated heterocycles. The van der Waals surface area contributed by atoms with Gasteiger partial charge in [0.2, 0.25) is 5.91 Å². The third kappa shape index (κ3) is 3.94. The second kappa shape index (κ2) is 8.14. The Hall–Kier alpha value is -2.67. The minimum atomic E-state index is -0.294. The van der Waals surface area contributed by atoms with Crippen LogP contribution in [-0.2, 0) is 11.3 Å². The zero-order chi connectivity index (χ0) is 19.5. The molecular formula is C21H22FN3O2S. The van der Waals surface area contributed by atoms with Gasteiger partial charge in [0, 0.05) is 25.2 Å². The molecule has 4 rings (SSSR count). The molecule has 1 aromatic heterocycles. The number of hydrogen-bond acceptors (Lipinski definition) is 5. The number of carbonyl (C=O) groups excluding carboxylic acids is 1. The van der Waals surface area contributed by atoms with Crippen molar-refractivity contribution in [3.8, 4) is 5.75 Å². The third-order valence-corrected chi connectivity index (χ3v) is 6.14. The van der Waals surface area contributed by atoms with Gasteiger partial charge in [-0.1, -0.05) is 29.5 Å². The molecule has 146 valence electrons. The van der Waals surface area contributed by atoms with Crippen molar-refractivity contribution in [1.82, 2.24) is 10.3 Å². The summed E-state index contributed by atoms with van der Waals surface area (Å²) >= 11 is 1.61. The quantitative estimate of drug-likeness (QED) is 0.705. The number of methoxy groups -OCH3 is 1. The van der Waals surface area contributed by atoms with Crippen LogP contribution in [0, 0.1) is 11.7 Å². The number of ether oxygens (including phenoxy) is 1. The van der Waals surface area contributed by atoms with E-state index in [1.807, 2.05) is 18.2 Å². The van der Waals surface area contributed by atoms with Crippen LogP contribution in [0.15, 0.2) is 42.5 Å². The maximum Gasteiger partial charge on any atom is 0.225 e. The van der Waals surface area contributed by atoms with Gasteiger partial charge in [0.25, 0.3) is 0 Å². The number of hydrogen-bond donors (Lipinski definition) is 1. The Balaban J connectivity index is 1.42. The second-order valence-corrected chi connectivity index (χ2v) is 7.93. The fourth-order valence-electron chi connectivity index (χ4n) is 3.49. The first-order valence-electron chi connectivity index (χ1n) is 9.34. The normalized spacial score (nSPS) is 16.9. The molecule has 0 saturated carbocycles. The van der Waals surface area contributed by atoms with Crippen LogP contribution in [0.3, 0.4) is 0 Å². The number of piperidine rings is 1. The summed E-state index contributed by atoms with van der Waals surface area (Å²) in [6, 6.07) is 12.4. The Kier molecular flexibility index (Phi) is 5.43. The van der Waals surface area contributed by atoms with E-state index in [4.69, 9.17) is 9.72 Å². The minimum Gasteiger partial charge on any atom is -0.497 e. The topological polar surface area (TPSA) is 54.5 Å². The maximum absolute atomic E-state index is 13.7. The van der Waals surface area contributed by atoms with Crippen molar-refractivity contribution in [3.05, 3.63) is 53.8 Å². The molecule has 7 heteroatoms. The molecule has 0 bridgehead atoms. The van der Waals surface area contributed by atoms with E-state index < -0.39 is 0 Å². The van der Waals surface area contributed by atoms with Gasteiger partial charge in [-0.2, -0.15) is 0 Å². The van der Waals surface area contributed by atoms with Crippen LogP contribution in [0.1, 0.15) is 18.4 Å². The number of carbonyl (C=O) groups is 1. The summed E-state index contributed by atoms with van der Waals surface area (Å²) in [5, 5.41) is 3.81. The van der Waals surface area contributed by atoms with Crippen molar-refractivity contribution in [2.45, 2.75) is 19.4 Å². The van der Waals surface area contributed by atoms with E-state index in [9.17, 15) is 9.18 Å². The van der Waals surface area contributed by atoms with Crippen molar-refractivity contribution in [2.24, 2.45) is 5.92 Å². The Bertz CT molecular complexity index is 991.